The summed E-state index contributed by atoms with van der Waals surface area (Å²) in [4.78, 5) is 45.1. The van der Waals surface area contributed by atoms with Crippen molar-refractivity contribution in [3.8, 4) is 5.75 Å². The number of nitrogens with one attached hydrogen (secondary N) is 1. The zero-order chi connectivity index (χ0) is 33.4. The monoisotopic (exact) mass is 666 g/mol. The number of unbranched alkanes of at least 4 members (excludes halogenated alkanes) is 6. The van der Waals surface area contributed by atoms with Crippen molar-refractivity contribution < 1.29 is 51.8 Å². The predicted octanol–water partition coefficient (Wildman–Crippen LogP) is 4.33. The van der Waals surface area contributed by atoms with Gasteiger partial charge < -0.3 is 53.2 Å². The normalized spacial score (nSPS) is 13.6. The molecule has 0 saturated carbocycles. The minimum atomic E-state index is -3.65. The Balaban J connectivity index is 0.00000129. The summed E-state index contributed by atoms with van der Waals surface area (Å²) in [7, 11) is -7.14. The van der Waals surface area contributed by atoms with E-state index in [1.54, 1.807) is 0 Å². The summed E-state index contributed by atoms with van der Waals surface area (Å²) >= 11 is 0. The van der Waals surface area contributed by atoms with E-state index in [2.05, 4.69) is 9.84 Å². The Labute approximate surface area is 262 Å². The van der Waals surface area contributed by atoms with Crippen LogP contribution < -0.4 is 25.6 Å². The molecule has 0 spiro atoms. The van der Waals surface area contributed by atoms with E-state index in [4.69, 9.17) is 24.5 Å². The van der Waals surface area contributed by atoms with Gasteiger partial charge in [-0.3, -0.25) is 0 Å². The van der Waals surface area contributed by atoms with E-state index in [1.807, 2.05) is 32.9 Å². The van der Waals surface area contributed by atoms with Crippen molar-refractivity contribution in [2.45, 2.75) is 85.2 Å². The van der Waals surface area contributed by atoms with E-state index in [1.165, 1.54) is 0 Å². The number of nitrogens with two attached hydrogens (primary N) is 1. The van der Waals surface area contributed by atoms with Crippen LogP contribution in [0.3, 0.4) is 0 Å². The van der Waals surface area contributed by atoms with E-state index in [-0.39, 0.29) is 19.8 Å². The second kappa shape index (κ2) is 24.4. The van der Waals surface area contributed by atoms with Gasteiger partial charge in [-0.2, -0.15) is 0 Å². The van der Waals surface area contributed by atoms with Crippen molar-refractivity contribution >= 4 is 27.3 Å². The lowest BCUT2D eigenvalue weighted by Gasteiger charge is -2.17. The van der Waals surface area contributed by atoms with Gasteiger partial charge in [0, 0.05) is 26.5 Å². The third-order valence-electron chi connectivity index (χ3n) is 5.76. The first kappa shape index (κ1) is 42.2. The Kier molecular flexibility index (Phi) is 23.4. The van der Waals surface area contributed by atoms with Crippen molar-refractivity contribution in [2.75, 3.05) is 52.8 Å². The highest BCUT2D eigenvalue weighted by Gasteiger charge is 2.13. The van der Waals surface area contributed by atoms with Crippen LogP contribution in [0.5, 0.6) is 5.75 Å². The van der Waals surface area contributed by atoms with E-state index < -0.39 is 27.3 Å². The van der Waals surface area contributed by atoms with Crippen LogP contribution in [0, 0.1) is 13.8 Å². The number of alkyl carbamates (subject to hydrolysis) is 1. The van der Waals surface area contributed by atoms with Gasteiger partial charge >= 0.3 is 12.1 Å². The summed E-state index contributed by atoms with van der Waals surface area (Å²) in [5.74, 6) is 0.0435. The number of aryl methyl sites for hydroxylation is 2. The van der Waals surface area contributed by atoms with Gasteiger partial charge in [0.1, 0.15) is 34.2 Å². The number of hydrogen-bond donors (Lipinski definition) is 2. The van der Waals surface area contributed by atoms with Gasteiger partial charge in [-0.15, -0.1) is 0 Å². The molecule has 1 rings (SSSR count). The number of hydrogen-bond acceptors (Lipinski definition) is 12. The van der Waals surface area contributed by atoms with Crippen LogP contribution in [-0.2, 0) is 39.1 Å². The number of carbonyl (C=O) groups is 2. The highest BCUT2D eigenvalue weighted by Crippen LogP contribution is 2.31. The fourth-order valence-corrected chi connectivity index (χ4v) is 4.68. The number of amides is 1. The van der Waals surface area contributed by atoms with Gasteiger partial charge in [-0.25, -0.2) is 9.59 Å². The molecule has 3 N–H and O–H groups in total. The molecule has 0 aliphatic rings. The van der Waals surface area contributed by atoms with Crippen LogP contribution in [0.25, 0.3) is 0 Å². The number of carbonyl (C=O) groups excluding carboxylic acids is 2. The summed E-state index contributed by atoms with van der Waals surface area (Å²) in [5.41, 5.74) is 7.62. The Morgan fingerprint density at radius 3 is 1.86 bits per heavy atom. The van der Waals surface area contributed by atoms with Gasteiger partial charge in [0.25, 0.3) is 0 Å². The van der Waals surface area contributed by atoms with Gasteiger partial charge in [-0.05, 0) is 81.3 Å². The Morgan fingerprint density at radius 1 is 0.841 bits per heavy atom. The quantitative estimate of drug-likeness (QED) is 0.0770. The summed E-state index contributed by atoms with van der Waals surface area (Å²) in [6, 6.07) is 3.63. The van der Waals surface area contributed by atoms with E-state index >= 15 is 0 Å². The molecule has 0 bridgehead atoms. The summed E-state index contributed by atoms with van der Waals surface area (Å²) in [6.07, 6.45) is 7.22. The second-order valence-electron chi connectivity index (χ2n) is 10.4. The first-order chi connectivity index (χ1) is 20.7. The summed E-state index contributed by atoms with van der Waals surface area (Å²) in [6.45, 7) is 9.95. The van der Waals surface area contributed by atoms with E-state index in [0.29, 0.717) is 38.5 Å². The summed E-state index contributed by atoms with van der Waals surface area (Å²) < 4.78 is 46.5. The molecular weight excluding hydrogens is 614 g/mol. The van der Waals surface area contributed by atoms with Crippen molar-refractivity contribution in [2.24, 2.45) is 5.73 Å². The lowest BCUT2D eigenvalue weighted by atomic mass is 10.1. The van der Waals surface area contributed by atoms with E-state index in [0.717, 1.165) is 81.4 Å². The molecule has 0 aliphatic heterocycles. The number of ether oxygens (including phenoxy) is 3. The molecular formula is C29H52N2O11P2-2. The molecule has 44 heavy (non-hydrogen) atoms. The SMILES string of the molecule is CCCOCC(=O)Oc1c(C)cc(COC(=O)NCCCCCCOP(C)(=O)[O-])cc1C.CP(=O)([O-])OCCCCCCN. The Morgan fingerprint density at radius 2 is 1.36 bits per heavy atom. The smallest absolute Gasteiger partial charge is 0.407 e. The highest BCUT2D eigenvalue weighted by molar-refractivity contribution is 7.50. The molecule has 1 amide bonds. The average molecular weight is 667 g/mol. The van der Waals surface area contributed by atoms with Gasteiger partial charge in [-0.1, -0.05) is 32.6 Å². The lowest BCUT2D eigenvalue weighted by Crippen LogP contribution is -2.25. The van der Waals surface area contributed by atoms with Crippen LogP contribution in [0.2, 0.25) is 0 Å². The molecule has 15 heteroatoms. The standard InChI is InChI=1S/C22H36NO8P.C7H18NO3P/c1-5-11-28-16-20(24)31-21-17(2)13-19(14-18(21)3)15-29-22(25)23-10-8-6-7-9-12-30-32(4,26)27;1-12(9,10)11-7-5-3-2-4-6-8/h13-14H,5-12,15-16H2,1-4H3,(H,23,25)(H,26,27);2-8H2,1H3,(H,9,10)/p-2. The fraction of sp³-hybridized carbons (Fsp3) is 0.724. The van der Waals surface area contributed by atoms with Crippen molar-refractivity contribution in [3.63, 3.8) is 0 Å². The summed E-state index contributed by atoms with van der Waals surface area (Å²) in [5, 5.41) is 2.69. The van der Waals surface area contributed by atoms with Crippen LogP contribution in [0.1, 0.15) is 81.4 Å². The third-order valence-corrected chi connectivity index (χ3v) is 7.07. The Bertz CT molecular complexity index is 1020. The number of benzene rings is 1. The average Bonchev–Trinajstić information content (AvgIpc) is 2.92. The molecule has 2 unspecified atom stereocenters. The highest BCUT2D eigenvalue weighted by atomic mass is 31.2. The predicted molar refractivity (Wildman–Crippen MR) is 166 cm³/mol. The maximum absolute atomic E-state index is 11.9. The number of esters is 1. The third kappa shape index (κ3) is 25.5. The lowest BCUT2D eigenvalue weighted by molar-refractivity contribution is -0.197. The van der Waals surface area contributed by atoms with Gasteiger partial charge in [0.05, 0.1) is 13.2 Å². The molecule has 2 atom stereocenters. The van der Waals surface area contributed by atoms with Crippen LogP contribution >= 0.6 is 15.2 Å². The topological polar surface area (TPSA) is 199 Å². The molecule has 0 radical (unpaired) electrons. The molecule has 0 saturated heterocycles. The van der Waals surface area contributed by atoms with Crippen LogP contribution in [-0.4, -0.2) is 64.9 Å². The molecule has 0 aliphatic carbocycles. The largest absolute Gasteiger partial charge is 0.779 e. The molecule has 256 valence electrons. The molecule has 13 nitrogen and oxygen atoms in total. The van der Waals surface area contributed by atoms with Crippen molar-refractivity contribution in [1.82, 2.24) is 5.32 Å². The first-order valence-electron chi connectivity index (χ1n) is 15.0. The minimum absolute atomic E-state index is 0.0908. The molecule has 0 fully saturated rings. The van der Waals surface area contributed by atoms with E-state index in [9.17, 15) is 28.5 Å². The van der Waals surface area contributed by atoms with Crippen LogP contribution in [0.4, 0.5) is 4.79 Å². The van der Waals surface area contributed by atoms with Crippen LogP contribution in [0.15, 0.2) is 12.1 Å². The molecule has 1 aromatic rings. The minimum Gasteiger partial charge on any atom is -0.779 e. The second-order valence-corrected chi connectivity index (χ2v) is 14.0. The fourth-order valence-electron chi connectivity index (χ4n) is 3.76. The van der Waals surface area contributed by atoms with Crippen molar-refractivity contribution in [3.05, 3.63) is 28.8 Å². The zero-order valence-corrected chi connectivity index (χ0v) is 28.7. The van der Waals surface area contributed by atoms with Crippen molar-refractivity contribution in [1.29, 1.82) is 0 Å². The van der Waals surface area contributed by atoms with Gasteiger partial charge in [0.2, 0.25) is 0 Å². The molecule has 0 heterocycles. The zero-order valence-electron chi connectivity index (χ0n) is 26.9. The maximum Gasteiger partial charge on any atom is 0.407 e. The molecule has 1 aromatic carbocycles. The van der Waals surface area contributed by atoms with Gasteiger partial charge in [0.15, 0.2) is 0 Å². The Hall–Kier alpha value is -1.82. The first-order valence-corrected chi connectivity index (χ1v) is 19.0. The molecule has 0 aromatic heterocycles. The maximum atomic E-state index is 11.9. The number of rotatable bonds is 22.